The van der Waals surface area contributed by atoms with Crippen molar-refractivity contribution in [2.75, 3.05) is 0 Å². The van der Waals surface area contributed by atoms with Crippen LogP contribution in [-0.4, -0.2) is 5.97 Å². The zero-order chi connectivity index (χ0) is 16.3. The van der Waals surface area contributed by atoms with Gasteiger partial charge in [0.2, 0.25) is 0 Å². The van der Waals surface area contributed by atoms with Crippen molar-refractivity contribution in [1.29, 1.82) is 0 Å². The summed E-state index contributed by atoms with van der Waals surface area (Å²) in [6.45, 7) is 2.27. The molecule has 0 spiro atoms. The Morgan fingerprint density at radius 1 is 0.739 bits per heavy atom. The summed E-state index contributed by atoms with van der Waals surface area (Å²) in [7, 11) is 0. The molecule has 0 aliphatic heterocycles. The van der Waals surface area contributed by atoms with E-state index >= 15 is 0 Å². The van der Waals surface area contributed by atoms with Crippen LogP contribution in [0.15, 0.2) is 24.3 Å². The fourth-order valence-electron chi connectivity index (χ4n) is 2.59. The van der Waals surface area contributed by atoms with E-state index < -0.39 is 5.97 Å². The first-order valence-corrected chi connectivity index (χ1v) is 9.31. The van der Waals surface area contributed by atoms with Crippen LogP contribution < -0.4 is 56.5 Å². The van der Waals surface area contributed by atoms with E-state index in [2.05, 4.69) is 6.92 Å². The fraction of sp³-hybridized carbons (Fsp3) is 0.750. The van der Waals surface area contributed by atoms with Crippen LogP contribution in [0.2, 0.25) is 0 Å². The summed E-state index contributed by atoms with van der Waals surface area (Å²) >= 11 is 0. The summed E-state index contributed by atoms with van der Waals surface area (Å²) in [5, 5.41) is 10.1. The SMILES string of the molecule is CCCCCCCCCCCCCCCC=CC=CC(=O)[O-].[K+]. The standard InChI is InChI=1S/C20H36O2.K/c1-2-3-4-5-6-7-8-9-10-11-12-13-14-15-16-17-18-19-20(21)22;/h16-19H,2-15H2,1H3,(H,21,22);/q;+1/p-1. The number of carboxylic acid groups (broad SMARTS) is 1. The van der Waals surface area contributed by atoms with Gasteiger partial charge in [0.05, 0.1) is 5.97 Å². The molecule has 2 nitrogen and oxygen atoms in total. The summed E-state index contributed by atoms with van der Waals surface area (Å²) in [5.41, 5.74) is 0. The normalized spacial score (nSPS) is 11.2. The number of hydrogen-bond donors (Lipinski definition) is 0. The van der Waals surface area contributed by atoms with E-state index in [1.54, 1.807) is 6.08 Å². The molecule has 0 aromatic carbocycles. The smallest absolute Gasteiger partial charge is 0.545 e. The molecular weight excluding hydrogens is 311 g/mol. The van der Waals surface area contributed by atoms with Crippen molar-refractivity contribution in [2.24, 2.45) is 0 Å². The van der Waals surface area contributed by atoms with Crippen molar-refractivity contribution in [2.45, 2.75) is 96.8 Å². The molecule has 128 valence electrons. The van der Waals surface area contributed by atoms with Crippen molar-refractivity contribution in [3.63, 3.8) is 0 Å². The van der Waals surface area contributed by atoms with Gasteiger partial charge in [-0.25, -0.2) is 0 Å². The first kappa shape index (κ1) is 25.8. The number of rotatable bonds is 16. The zero-order valence-corrected chi connectivity index (χ0v) is 18.6. The van der Waals surface area contributed by atoms with Gasteiger partial charge in [0.1, 0.15) is 0 Å². The molecule has 0 aromatic rings. The number of hydrogen-bond acceptors (Lipinski definition) is 2. The molecule has 0 fully saturated rings. The third kappa shape index (κ3) is 25.0. The van der Waals surface area contributed by atoms with Gasteiger partial charge in [-0.3, -0.25) is 0 Å². The van der Waals surface area contributed by atoms with E-state index in [0.29, 0.717) is 0 Å². The molecule has 0 atom stereocenters. The second kappa shape index (κ2) is 22.6. The second-order valence-electron chi connectivity index (χ2n) is 6.14. The molecule has 0 bridgehead atoms. The molecule has 0 amide bonds. The Labute approximate surface area is 186 Å². The Bertz CT molecular complexity index is 298. The molecule has 0 saturated carbocycles. The summed E-state index contributed by atoms with van der Waals surface area (Å²) < 4.78 is 0. The first-order chi connectivity index (χ1) is 10.8. The van der Waals surface area contributed by atoms with Crippen LogP contribution in [0.25, 0.3) is 0 Å². The van der Waals surface area contributed by atoms with Crippen LogP contribution in [0.3, 0.4) is 0 Å². The topological polar surface area (TPSA) is 40.1 Å². The minimum Gasteiger partial charge on any atom is -0.545 e. The van der Waals surface area contributed by atoms with Gasteiger partial charge in [0.25, 0.3) is 0 Å². The molecule has 0 saturated heterocycles. The predicted molar refractivity (Wildman–Crippen MR) is 93.6 cm³/mol. The number of carboxylic acids is 1. The van der Waals surface area contributed by atoms with Crippen LogP contribution in [-0.2, 0) is 4.79 Å². The second-order valence-corrected chi connectivity index (χ2v) is 6.14. The third-order valence-corrected chi connectivity index (χ3v) is 3.95. The van der Waals surface area contributed by atoms with Gasteiger partial charge >= 0.3 is 51.4 Å². The van der Waals surface area contributed by atoms with E-state index in [1.807, 2.05) is 6.08 Å². The van der Waals surface area contributed by atoms with E-state index in [-0.39, 0.29) is 51.4 Å². The average molecular weight is 347 g/mol. The summed E-state index contributed by atoms with van der Waals surface area (Å²) in [4.78, 5) is 10.1. The third-order valence-electron chi connectivity index (χ3n) is 3.95. The fourth-order valence-corrected chi connectivity index (χ4v) is 2.59. The predicted octanol–water partition coefficient (Wildman–Crippen LogP) is 2.33. The van der Waals surface area contributed by atoms with Gasteiger partial charge in [-0.1, -0.05) is 102 Å². The molecular formula is C20H35KO2. The molecule has 0 aliphatic carbocycles. The van der Waals surface area contributed by atoms with E-state index in [0.717, 1.165) is 12.5 Å². The maximum atomic E-state index is 10.1. The zero-order valence-electron chi connectivity index (χ0n) is 15.5. The van der Waals surface area contributed by atoms with Gasteiger partial charge in [-0.2, -0.15) is 0 Å². The molecule has 23 heavy (non-hydrogen) atoms. The summed E-state index contributed by atoms with van der Waals surface area (Å²) in [6, 6.07) is 0. The Balaban J connectivity index is 0. The van der Waals surface area contributed by atoms with Gasteiger partial charge in [0, 0.05) is 0 Å². The van der Waals surface area contributed by atoms with Crippen molar-refractivity contribution in [3.05, 3.63) is 24.3 Å². The van der Waals surface area contributed by atoms with Gasteiger partial charge in [-0.05, 0) is 18.9 Å². The van der Waals surface area contributed by atoms with Crippen LogP contribution in [0, 0.1) is 0 Å². The molecule has 0 N–H and O–H groups in total. The number of carbonyl (C=O) groups is 1. The molecule has 0 radical (unpaired) electrons. The van der Waals surface area contributed by atoms with Crippen molar-refractivity contribution in [3.8, 4) is 0 Å². The molecule has 0 heterocycles. The first-order valence-electron chi connectivity index (χ1n) is 9.31. The van der Waals surface area contributed by atoms with Crippen molar-refractivity contribution >= 4 is 5.97 Å². The number of aliphatic carboxylic acids is 1. The van der Waals surface area contributed by atoms with Gasteiger partial charge in [0.15, 0.2) is 0 Å². The largest absolute Gasteiger partial charge is 1.00 e. The Morgan fingerprint density at radius 3 is 1.61 bits per heavy atom. The van der Waals surface area contributed by atoms with E-state index in [1.165, 1.54) is 89.5 Å². The molecule has 0 unspecified atom stereocenters. The van der Waals surface area contributed by atoms with Crippen LogP contribution in [0.1, 0.15) is 96.8 Å². The van der Waals surface area contributed by atoms with Crippen LogP contribution >= 0.6 is 0 Å². The molecule has 0 aliphatic rings. The average Bonchev–Trinajstić information content (AvgIpc) is 2.50. The quantitative estimate of drug-likeness (QED) is 0.186. The summed E-state index contributed by atoms with van der Waals surface area (Å²) in [6.07, 6.45) is 25.3. The number of unbranched alkanes of at least 4 members (excludes halogenated alkanes) is 13. The minimum atomic E-state index is -1.13. The Morgan fingerprint density at radius 2 is 1.17 bits per heavy atom. The van der Waals surface area contributed by atoms with Gasteiger partial charge in [-0.15, -0.1) is 0 Å². The van der Waals surface area contributed by atoms with E-state index in [4.69, 9.17) is 0 Å². The monoisotopic (exact) mass is 346 g/mol. The minimum absolute atomic E-state index is 0. The molecule has 3 heteroatoms. The van der Waals surface area contributed by atoms with Crippen LogP contribution in [0.5, 0.6) is 0 Å². The Hall–Kier alpha value is 0.586. The van der Waals surface area contributed by atoms with E-state index in [9.17, 15) is 9.90 Å². The Kier molecular flexibility index (Phi) is 25.4. The number of allylic oxidation sites excluding steroid dienone is 3. The molecule has 0 aromatic heterocycles. The number of carbonyl (C=O) groups excluding carboxylic acids is 1. The maximum absolute atomic E-state index is 10.1. The van der Waals surface area contributed by atoms with Gasteiger partial charge < -0.3 is 9.90 Å². The molecule has 0 rings (SSSR count). The van der Waals surface area contributed by atoms with Crippen molar-refractivity contribution < 1.29 is 61.3 Å². The van der Waals surface area contributed by atoms with Crippen LogP contribution in [0.4, 0.5) is 0 Å². The van der Waals surface area contributed by atoms with Crippen molar-refractivity contribution in [1.82, 2.24) is 0 Å². The maximum Gasteiger partial charge on any atom is 1.00 e. The summed E-state index contributed by atoms with van der Waals surface area (Å²) in [5.74, 6) is -1.13.